The molecule has 1 N–H and O–H groups in total. The molecule has 3 nitrogen and oxygen atoms in total. The van der Waals surface area contributed by atoms with Crippen LogP contribution in [0.2, 0.25) is 0 Å². The molecule has 0 bridgehead atoms. The van der Waals surface area contributed by atoms with E-state index in [1.54, 1.807) is 12.1 Å². The van der Waals surface area contributed by atoms with Gasteiger partial charge in [0.1, 0.15) is 11.6 Å². The average molecular weight is 269 g/mol. The summed E-state index contributed by atoms with van der Waals surface area (Å²) in [5.41, 5.74) is 0.375. The standard InChI is InChI=1S/C15H24FNO2/c1-6-19-15(3,4)10-17-11(2)13-8-7-12(18-5)9-14(13)16/h7-9,11,17H,6,10H2,1-5H3. The van der Waals surface area contributed by atoms with Crippen molar-refractivity contribution in [1.29, 1.82) is 0 Å². The minimum Gasteiger partial charge on any atom is -0.497 e. The first-order chi connectivity index (χ1) is 8.89. The molecule has 0 amide bonds. The van der Waals surface area contributed by atoms with Crippen LogP contribution in [0.15, 0.2) is 18.2 Å². The lowest BCUT2D eigenvalue weighted by molar-refractivity contribution is -0.0104. The molecule has 0 fully saturated rings. The van der Waals surface area contributed by atoms with Crippen molar-refractivity contribution in [2.75, 3.05) is 20.3 Å². The third-order valence-corrected chi connectivity index (χ3v) is 3.04. The van der Waals surface area contributed by atoms with Crippen LogP contribution in [-0.4, -0.2) is 25.9 Å². The predicted molar refractivity (Wildman–Crippen MR) is 75.1 cm³/mol. The second-order valence-electron chi connectivity index (χ2n) is 5.18. The molecule has 108 valence electrons. The van der Waals surface area contributed by atoms with Crippen molar-refractivity contribution in [3.63, 3.8) is 0 Å². The molecule has 0 saturated heterocycles. The highest BCUT2D eigenvalue weighted by Gasteiger charge is 2.20. The van der Waals surface area contributed by atoms with Crippen LogP contribution in [0.25, 0.3) is 0 Å². The Bertz CT molecular complexity index is 407. The minimum atomic E-state index is -0.258. The van der Waals surface area contributed by atoms with Gasteiger partial charge in [-0.2, -0.15) is 0 Å². The van der Waals surface area contributed by atoms with E-state index >= 15 is 0 Å². The van der Waals surface area contributed by atoms with Crippen molar-refractivity contribution >= 4 is 0 Å². The number of halogens is 1. The smallest absolute Gasteiger partial charge is 0.131 e. The lowest BCUT2D eigenvalue weighted by Crippen LogP contribution is -2.38. The molecule has 19 heavy (non-hydrogen) atoms. The highest BCUT2D eigenvalue weighted by atomic mass is 19.1. The summed E-state index contributed by atoms with van der Waals surface area (Å²) < 4.78 is 24.5. The monoisotopic (exact) mass is 269 g/mol. The van der Waals surface area contributed by atoms with Gasteiger partial charge >= 0.3 is 0 Å². The summed E-state index contributed by atoms with van der Waals surface area (Å²) in [5, 5.41) is 3.30. The molecule has 0 aliphatic rings. The van der Waals surface area contributed by atoms with Gasteiger partial charge in [0.25, 0.3) is 0 Å². The lowest BCUT2D eigenvalue weighted by atomic mass is 10.1. The molecular weight excluding hydrogens is 245 g/mol. The van der Waals surface area contributed by atoms with Crippen LogP contribution in [0.5, 0.6) is 5.75 Å². The van der Waals surface area contributed by atoms with Crippen LogP contribution < -0.4 is 10.1 Å². The van der Waals surface area contributed by atoms with E-state index in [9.17, 15) is 4.39 Å². The molecule has 0 radical (unpaired) electrons. The zero-order valence-corrected chi connectivity index (χ0v) is 12.4. The third-order valence-electron chi connectivity index (χ3n) is 3.04. The minimum absolute atomic E-state index is 0.0781. The maximum absolute atomic E-state index is 13.9. The van der Waals surface area contributed by atoms with E-state index in [2.05, 4.69) is 5.32 Å². The van der Waals surface area contributed by atoms with Crippen molar-refractivity contribution in [3.8, 4) is 5.75 Å². The average Bonchev–Trinajstić information content (AvgIpc) is 2.36. The molecule has 0 aliphatic heterocycles. The SMILES string of the molecule is CCOC(C)(C)CNC(C)c1ccc(OC)cc1F. The van der Waals surface area contributed by atoms with Crippen LogP contribution in [0.3, 0.4) is 0 Å². The molecule has 0 spiro atoms. The summed E-state index contributed by atoms with van der Waals surface area (Å²) in [4.78, 5) is 0. The maximum atomic E-state index is 13.9. The van der Waals surface area contributed by atoms with Gasteiger partial charge in [-0.1, -0.05) is 6.07 Å². The van der Waals surface area contributed by atoms with Crippen molar-refractivity contribution in [2.24, 2.45) is 0 Å². The van der Waals surface area contributed by atoms with Crippen LogP contribution in [0, 0.1) is 5.82 Å². The number of ether oxygens (including phenoxy) is 2. The van der Waals surface area contributed by atoms with Crippen LogP contribution >= 0.6 is 0 Å². The summed E-state index contributed by atoms with van der Waals surface area (Å²) in [7, 11) is 1.53. The van der Waals surface area contributed by atoms with E-state index < -0.39 is 0 Å². The number of rotatable bonds is 7. The summed E-state index contributed by atoms with van der Waals surface area (Å²) in [6.45, 7) is 9.26. The van der Waals surface area contributed by atoms with Gasteiger partial charge in [-0.05, 0) is 33.8 Å². The summed E-state index contributed by atoms with van der Waals surface area (Å²) >= 11 is 0. The number of hydrogen-bond donors (Lipinski definition) is 1. The van der Waals surface area contributed by atoms with Crippen LogP contribution in [0.1, 0.15) is 39.3 Å². The second-order valence-corrected chi connectivity index (χ2v) is 5.18. The molecule has 0 aromatic heterocycles. The number of benzene rings is 1. The summed E-state index contributed by atoms with van der Waals surface area (Å²) in [6.07, 6.45) is 0. The molecule has 0 heterocycles. The zero-order chi connectivity index (χ0) is 14.5. The molecule has 1 atom stereocenters. The Labute approximate surface area is 115 Å². The quantitative estimate of drug-likeness (QED) is 0.824. The van der Waals surface area contributed by atoms with Crippen molar-refractivity contribution in [3.05, 3.63) is 29.6 Å². The van der Waals surface area contributed by atoms with Gasteiger partial charge < -0.3 is 14.8 Å². The zero-order valence-electron chi connectivity index (χ0n) is 12.4. The summed E-state index contributed by atoms with van der Waals surface area (Å²) in [6, 6.07) is 4.84. The molecule has 1 aromatic rings. The Morgan fingerprint density at radius 1 is 1.37 bits per heavy atom. The Morgan fingerprint density at radius 2 is 2.05 bits per heavy atom. The van der Waals surface area contributed by atoms with Gasteiger partial charge in [-0.15, -0.1) is 0 Å². The first-order valence-electron chi connectivity index (χ1n) is 6.60. The number of nitrogens with one attached hydrogen (secondary N) is 1. The van der Waals surface area contributed by atoms with E-state index in [0.29, 0.717) is 24.5 Å². The van der Waals surface area contributed by atoms with E-state index in [4.69, 9.17) is 9.47 Å². The molecule has 1 unspecified atom stereocenters. The Balaban J connectivity index is 2.65. The summed E-state index contributed by atoms with van der Waals surface area (Å²) in [5.74, 6) is 0.275. The Kier molecular flexibility index (Phi) is 5.76. The fourth-order valence-electron chi connectivity index (χ4n) is 1.94. The van der Waals surface area contributed by atoms with Gasteiger partial charge in [0.15, 0.2) is 0 Å². The second kappa shape index (κ2) is 6.87. The maximum Gasteiger partial charge on any atom is 0.131 e. The predicted octanol–water partition coefficient (Wildman–Crippen LogP) is 3.30. The van der Waals surface area contributed by atoms with Gasteiger partial charge in [-0.25, -0.2) is 4.39 Å². The normalized spacial score (nSPS) is 13.4. The highest BCUT2D eigenvalue weighted by Crippen LogP contribution is 2.22. The highest BCUT2D eigenvalue weighted by molar-refractivity contribution is 5.30. The fourth-order valence-corrected chi connectivity index (χ4v) is 1.94. The molecule has 0 aliphatic carbocycles. The Hall–Kier alpha value is -1.13. The Morgan fingerprint density at radius 3 is 2.58 bits per heavy atom. The molecule has 1 rings (SSSR count). The van der Waals surface area contributed by atoms with Gasteiger partial charge in [-0.3, -0.25) is 0 Å². The fraction of sp³-hybridized carbons (Fsp3) is 0.600. The van der Waals surface area contributed by atoms with Gasteiger partial charge in [0.05, 0.1) is 12.7 Å². The molecule has 0 saturated carbocycles. The van der Waals surface area contributed by atoms with E-state index in [1.807, 2.05) is 27.7 Å². The van der Waals surface area contributed by atoms with Crippen molar-refractivity contribution in [1.82, 2.24) is 5.32 Å². The van der Waals surface area contributed by atoms with E-state index in [-0.39, 0.29) is 17.5 Å². The molecule has 4 heteroatoms. The first-order valence-corrected chi connectivity index (χ1v) is 6.60. The third kappa shape index (κ3) is 4.80. The topological polar surface area (TPSA) is 30.5 Å². The van der Waals surface area contributed by atoms with Crippen molar-refractivity contribution < 1.29 is 13.9 Å². The van der Waals surface area contributed by atoms with Crippen LogP contribution in [-0.2, 0) is 4.74 Å². The molecule has 1 aromatic carbocycles. The number of methoxy groups -OCH3 is 1. The first kappa shape index (κ1) is 15.9. The molecular formula is C15H24FNO2. The number of hydrogen-bond acceptors (Lipinski definition) is 3. The van der Waals surface area contributed by atoms with Gasteiger partial charge in [0.2, 0.25) is 0 Å². The van der Waals surface area contributed by atoms with Crippen LogP contribution in [0.4, 0.5) is 4.39 Å². The van der Waals surface area contributed by atoms with E-state index in [0.717, 1.165) is 0 Å². The lowest BCUT2D eigenvalue weighted by Gasteiger charge is -2.27. The van der Waals surface area contributed by atoms with E-state index in [1.165, 1.54) is 13.2 Å². The van der Waals surface area contributed by atoms with Gasteiger partial charge in [0, 0.05) is 30.8 Å². The van der Waals surface area contributed by atoms with Crippen molar-refractivity contribution in [2.45, 2.75) is 39.3 Å². The largest absolute Gasteiger partial charge is 0.497 e.